The summed E-state index contributed by atoms with van der Waals surface area (Å²) in [6.07, 6.45) is -4.50. The molecule has 0 aliphatic carbocycles. The largest absolute Gasteiger partial charge is 0.414 e. The second-order valence-corrected chi connectivity index (χ2v) is 3.45. The molecule has 2 aromatic rings. The number of H-pyrrole nitrogens is 1. The number of carbonyl (C=O) groups is 1. The van der Waals surface area contributed by atoms with Crippen LogP contribution < -0.4 is 5.48 Å². The van der Waals surface area contributed by atoms with E-state index >= 15 is 0 Å². The molecule has 1 aromatic carbocycles. The molecule has 0 unspecified atom stereocenters. The molecule has 5 nitrogen and oxygen atoms in total. The fraction of sp³-hybridized carbons (Fsp3) is 0.200. The Balaban J connectivity index is 2.05. The van der Waals surface area contributed by atoms with E-state index in [1.807, 2.05) is 0 Å². The predicted molar refractivity (Wildman–Crippen MR) is 55.6 cm³/mol. The second-order valence-electron chi connectivity index (χ2n) is 3.45. The first-order chi connectivity index (χ1) is 8.47. The monoisotopic (exact) mass is 259 g/mol. The molecule has 0 radical (unpaired) electrons. The van der Waals surface area contributed by atoms with Gasteiger partial charge in [0, 0.05) is 5.39 Å². The van der Waals surface area contributed by atoms with E-state index in [0.717, 1.165) is 0 Å². The molecule has 2 N–H and O–H groups in total. The van der Waals surface area contributed by atoms with Crippen LogP contribution in [0, 0.1) is 0 Å². The molecular weight excluding hydrogens is 251 g/mol. The van der Waals surface area contributed by atoms with Gasteiger partial charge in [-0.2, -0.15) is 18.3 Å². The van der Waals surface area contributed by atoms with Gasteiger partial charge in [-0.3, -0.25) is 14.7 Å². The van der Waals surface area contributed by atoms with Crippen molar-refractivity contribution in [1.82, 2.24) is 15.7 Å². The number of hydroxylamine groups is 1. The van der Waals surface area contributed by atoms with Gasteiger partial charge in [0.2, 0.25) is 0 Å². The third-order valence-electron chi connectivity index (χ3n) is 2.09. The standard InChI is InChI=1S/C10H8F3N3O2/c11-10(12,13)5-18-16-9(17)8-6-3-1-2-4-7(6)14-15-8/h1-4H,5H2,(H,14,15)(H,16,17). The van der Waals surface area contributed by atoms with Crippen LogP contribution in [-0.2, 0) is 4.84 Å². The maximum atomic E-state index is 11.8. The van der Waals surface area contributed by atoms with Crippen molar-refractivity contribution < 1.29 is 22.8 Å². The lowest BCUT2D eigenvalue weighted by Crippen LogP contribution is -2.29. The van der Waals surface area contributed by atoms with Crippen molar-refractivity contribution in [3.05, 3.63) is 30.0 Å². The number of hydrogen-bond donors (Lipinski definition) is 2. The predicted octanol–water partition coefficient (Wildman–Crippen LogP) is 1.79. The molecule has 2 rings (SSSR count). The molecule has 96 valence electrons. The first kappa shape index (κ1) is 12.4. The molecule has 0 saturated carbocycles. The number of benzene rings is 1. The van der Waals surface area contributed by atoms with E-state index in [4.69, 9.17) is 0 Å². The van der Waals surface area contributed by atoms with Crippen molar-refractivity contribution in [1.29, 1.82) is 0 Å². The third kappa shape index (κ3) is 2.77. The van der Waals surface area contributed by atoms with Gasteiger partial charge in [0.15, 0.2) is 12.3 Å². The van der Waals surface area contributed by atoms with Gasteiger partial charge in [0.25, 0.3) is 5.91 Å². The van der Waals surface area contributed by atoms with Crippen LogP contribution in [0.3, 0.4) is 0 Å². The van der Waals surface area contributed by atoms with Crippen molar-refractivity contribution in [2.45, 2.75) is 6.18 Å². The highest BCUT2D eigenvalue weighted by molar-refractivity contribution is 6.04. The van der Waals surface area contributed by atoms with Gasteiger partial charge in [-0.1, -0.05) is 18.2 Å². The van der Waals surface area contributed by atoms with Crippen molar-refractivity contribution in [3.8, 4) is 0 Å². The van der Waals surface area contributed by atoms with E-state index < -0.39 is 18.7 Å². The lowest BCUT2D eigenvalue weighted by Gasteiger charge is -2.07. The minimum atomic E-state index is -4.50. The summed E-state index contributed by atoms with van der Waals surface area (Å²) in [5.74, 6) is -0.836. The fourth-order valence-corrected chi connectivity index (χ4v) is 1.37. The Morgan fingerprint density at radius 1 is 1.39 bits per heavy atom. The quantitative estimate of drug-likeness (QED) is 0.826. The summed E-state index contributed by atoms with van der Waals surface area (Å²) < 4.78 is 35.4. The van der Waals surface area contributed by atoms with Crippen molar-refractivity contribution in [2.75, 3.05) is 6.61 Å². The van der Waals surface area contributed by atoms with Crippen LogP contribution in [-0.4, -0.2) is 28.9 Å². The van der Waals surface area contributed by atoms with Crippen molar-refractivity contribution in [2.24, 2.45) is 0 Å². The summed E-state index contributed by atoms with van der Waals surface area (Å²) in [7, 11) is 0. The van der Waals surface area contributed by atoms with Crippen molar-refractivity contribution in [3.63, 3.8) is 0 Å². The van der Waals surface area contributed by atoms with E-state index in [9.17, 15) is 18.0 Å². The summed E-state index contributed by atoms with van der Waals surface area (Å²) in [5, 5.41) is 6.80. The summed E-state index contributed by atoms with van der Waals surface area (Å²) in [6.45, 7) is -1.55. The third-order valence-corrected chi connectivity index (χ3v) is 2.09. The summed E-state index contributed by atoms with van der Waals surface area (Å²) in [4.78, 5) is 15.6. The SMILES string of the molecule is O=C(NOCC(F)(F)F)c1n[nH]c2ccccc12. The number of aromatic amines is 1. The highest BCUT2D eigenvalue weighted by Gasteiger charge is 2.28. The maximum absolute atomic E-state index is 11.8. The average Bonchev–Trinajstić information content (AvgIpc) is 2.70. The number of carbonyl (C=O) groups excluding carboxylic acids is 1. The van der Waals surface area contributed by atoms with Gasteiger partial charge in [0.1, 0.15) is 0 Å². The number of fused-ring (bicyclic) bond motifs is 1. The molecule has 1 heterocycles. The summed E-state index contributed by atoms with van der Waals surface area (Å²) in [6, 6.07) is 6.74. The van der Waals surface area contributed by atoms with Gasteiger partial charge in [-0.15, -0.1) is 0 Å². The number of halogens is 3. The van der Waals surface area contributed by atoms with Crippen LogP contribution in [0.1, 0.15) is 10.5 Å². The van der Waals surface area contributed by atoms with Crippen LogP contribution >= 0.6 is 0 Å². The molecule has 0 aliphatic rings. The Kier molecular flexibility index (Phi) is 3.19. The van der Waals surface area contributed by atoms with Crippen LogP contribution in [0.25, 0.3) is 10.9 Å². The average molecular weight is 259 g/mol. The van der Waals surface area contributed by atoms with Crippen LogP contribution in [0.2, 0.25) is 0 Å². The molecule has 1 aromatic heterocycles. The number of para-hydroxylation sites is 1. The molecule has 0 aliphatic heterocycles. The van der Waals surface area contributed by atoms with Gasteiger partial charge in [-0.25, -0.2) is 5.48 Å². The smallest absolute Gasteiger partial charge is 0.277 e. The molecular formula is C10H8F3N3O2. The van der Waals surface area contributed by atoms with E-state index in [2.05, 4.69) is 15.0 Å². The normalized spacial score (nSPS) is 11.7. The molecule has 0 atom stereocenters. The highest BCUT2D eigenvalue weighted by Crippen LogP contribution is 2.16. The zero-order valence-electron chi connectivity index (χ0n) is 8.91. The summed E-state index contributed by atoms with van der Waals surface area (Å²) in [5.41, 5.74) is 2.28. The zero-order valence-corrected chi connectivity index (χ0v) is 8.91. The highest BCUT2D eigenvalue weighted by atomic mass is 19.4. The van der Waals surface area contributed by atoms with E-state index in [1.54, 1.807) is 29.7 Å². The zero-order chi connectivity index (χ0) is 13.2. The first-order valence-corrected chi connectivity index (χ1v) is 4.89. The number of amides is 1. The molecule has 0 saturated heterocycles. The molecule has 0 fully saturated rings. The van der Waals surface area contributed by atoms with Gasteiger partial charge < -0.3 is 0 Å². The Bertz CT molecular complexity index is 565. The van der Waals surface area contributed by atoms with Crippen LogP contribution in [0.5, 0.6) is 0 Å². The van der Waals surface area contributed by atoms with Gasteiger partial charge in [0.05, 0.1) is 5.52 Å². The lowest BCUT2D eigenvalue weighted by molar-refractivity contribution is -0.184. The number of nitrogens with zero attached hydrogens (tertiary/aromatic N) is 1. The fourth-order valence-electron chi connectivity index (χ4n) is 1.37. The number of rotatable bonds is 3. The van der Waals surface area contributed by atoms with Gasteiger partial charge in [-0.05, 0) is 6.07 Å². The van der Waals surface area contributed by atoms with E-state index in [1.165, 1.54) is 0 Å². The second kappa shape index (κ2) is 4.65. The number of nitrogens with one attached hydrogen (secondary N) is 2. The minimum absolute atomic E-state index is 0.0206. The van der Waals surface area contributed by atoms with E-state index in [-0.39, 0.29) is 5.69 Å². The maximum Gasteiger partial charge on any atom is 0.414 e. The molecule has 8 heteroatoms. The molecule has 0 spiro atoms. The summed E-state index contributed by atoms with van der Waals surface area (Å²) >= 11 is 0. The van der Waals surface area contributed by atoms with Gasteiger partial charge >= 0.3 is 6.18 Å². The Labute approximate surface area is 98.9 Å². The number of alkyl halides is 3. The lowest BCUT2D eigenvalue weighted by atomic mass is 10.2. The minimum Gasteiger partial charge on any atom is -0.277 e. The number of aromatic nitrogens is 2. The Morgan fingerprint density at radius 2 is 2.11 bits per heavy atom. The Morgan fingerprint density at radius 3 is 2.83 bits per heavy atom. The molecule has 0 bridgehead atoms. The Hall–Kier alpha value is -2.09. The van der Waals surface area contributed by atoms with Crippen LogP contribution in [0.4, 0.5) is 13.2 Å². The molecule has 1 amide bonds. The topological polar surface area (TPSA) is 67.0 Å². The van der Waals surface area contributed by atoms with Crippen molar-refractivity contribution >= 4 is 16.8 Å². The van der Waals surface area contributed by atoms with Crippen LogP contribution in [0.15, 0.2) is 24.3 Å². The van der Waals surface area contributed by atoms with E-state index in [0.29, 0.717) is 10.9 Å². The first-order valence-electron chi connectivity index (χ1n) is 4.89. The molecule has 18 heavy (non-hydrogen) atoms. The number of hydrogen-bond acceptors (Lipinski definition) is 3.